The van der Waals surface area contributed by atoms with Crippen molar-refractivity contribution in [2.45, 2.75) is 50.7 Å². The van der Waals surface area contributed by atoms with Crippen LogP contribution in [0.3, 0.4) is 0 Å². The summed E-state index contributed by atoms with van der Waals surface area (Å²) >= 11 is 0. The number of alkyl halides is 3. The van der Waals surface area contributed by atoms with E-state index in [9.17, 15) is 22.8 Å². The lowest BCUT2D eigenvalue weighted by Gasteiger charge is -2.27. The van der Waals surface area contributed by atoms with E-state index in [2.05, 4.69) is 5.32 Å². The normalized spacial score (nSPS) is 20.4. The third kappa shape index (κ3) is 5.66. The van der Waals surface area contributed by atoms with Crippen molar-refractivity contribution in [3.05, 3.63) is 0 Å². The quantitative estimate of drug-likeness (QED) is 0.782. The molecule has 20 heavy (non-hydrogen) atoms. The highest BCUT2D eigenvalue weighted by molar-refractivity contribution is 5.82. The number of carboxylic acids is 1. The Morgan fingerprint density at radius 2 is 1.95 bits per heavy atom. The number of halogens is 3. The van der Waals surface area contributed by atoms with Crippen LogP contribution < -0.4 is 5.32 Å². The monoisotopic (exact) mass is 296 g/mol. The maximum atomic E-state index is 12.0. The molecule has 1 heterocycles. The highest BCUT2D eigenvalue weighted by Gasteiger charge is 2.31. The molecule has 0 bridgehead atoms. The number of nitrogens with zero attached hydrogens (tertiary/aromatic N) is 1. The summed E-state index contributed by atoms with van der Waals surface area (Å²) < 4.78 is 35.9. The first-order valence-electron chi connectivity index (χ1n) is 6.65. The van der Waals surface area contributed by atoms with Crippen molar-refractivity contribution in [3.8, 4) is 0 Å². The van der Waals surface area contributed by atoms with Crippen LogP contribution in [0.25, 0.3) is 0 Å². The maximum Gasteiger partial charge on any atom is 0.389 e. The van der Waals surface area contributed by atoms with E-state index in [1.54, 1.807) is 0 Å². The van der Waals surface area contributed by atoms with Crippen LogP contribution in [0.4, 0.5) is 18.0 Å². The van der Waals surface area contributed by atoms with Gasteiger partial charge >= 0.3 is 18.2 Å². The molecule has 1 rings (SSSR count). The Balaban J connectivity index is 2.44. The van der Waals surface area contributed by atoms with Crippen LogP contribution in [0.15, 0.2) is 0 Å². The Morgan fingerprint density at radius 1 is 1.25 bits per heavy atom. The summed E-state index contributed by atoms with van der Waals surface area (Å²) in [5, 5.41) is 11.5. The number of carboxylic acid groups (broad SMARTS) is 1. The molecule has 0 radical (unpaired) electrons. The summed E-state index contributed by atoms with van der Waals surface area (Å²) in [5.74, 6) is -1.07. The van der Waals surface area contributed by atoms with Crippen LogP contribution in [-0.4, -0.2) is 47.3 Å². The van der Waals surface area contributed by atoms with E-state index >= 15 is 0 Å². The number of carbonyl (C=O) groups is 2. The Labute approximate surface area is 115 Å². The Morgan fingerprint density at radius 3 is 2.55 bits per heavy atom. The molecule has 1 saturated heterocycles. The second-order valence-electron chi connectivity index (χ2n) is 4.85. The van der Waals surface area contributed by atoms with E-state index in [0.29, 0.717) is 19.4 Å². The first-order valence-corrected chi connectivity index (χ1v) is 6.65. The number of nitrogens with one attached hydrogen (secondary N) is 1. The number of urea groups is 1. The molecular formula is C12H19F3N2O3. The third-order valence-electron chi connectivity index (χ3n) is 3.21. The van der Waals surface area contributed by atoms with Gasteiger partial charge in [-0.1, -0.05) is 12.8 Å². The van der Waals surface area contributed by atoms with Gasteiger partial charge in [0.1, 0.15) is 6.04 Å². The van der Waals surface area contributed by atoms with Gasteiger partial charge in [-0.25, -0.2) is 9.59 Å². The van der Waals surface area contributed by atoms with Crippen LogP contribution in [0, 0.1) is 0 Å². The average Bonchev–Trinajstić information content (AvgIpc) is 2.58. The fraction of sp³-hybridized carbons (Fsp3) is 0.833. The Bertz CT molecular complexity index is 347. The topological polar surface area (TPSA) is 69.6 Å². The molecule has 0 spiro atoms. The molecule has 1 aliphatic rings. The van der Waals surface area contributed by atoms with Gasteiger partial charge in [0.15, 0.2) is 0 Å². The van der Waals surface area contributed by atoms with Crippen molar-refractivity contribution in [1.82, 2.24) is 10.2 Å². The summed E-state index contributed by atoms with van der Waals surface area (Å²) in [6.45, 7) is 0.212. The number of amides is 2. The van der Waals surface area contributed by atoms with Gasteiger partial charge in [-0.05, 0) is 19.3 Å². The second-order valence-corrected chi connectivity index (χ2v) is 4.85. The molecule has 8 heteroatoms. The lowest BCUT2D eigenvalue weighted by Crippen LogP contribution is -2.49. The Kier molecular flexibility index (Phi) is 6.09. The number of hydrogen-bond acceptors (Lipinski definition) is 2. The first-order chi connectivity index (χ1) is 9.31. The number of rotatable bonds is 4. The van der Waals surface area contributed by atoms with Gasteiger partial charge in [0, 0.05) is 19.5 Å². The van der Waals surface area contributed by atoms with Gasteiger partial charge in [-0.15, -0.1) is 0 Å². The van der Waals surface area contributed by atoms with Crippen LogP contribution in [0.2, 0.25) is 0 Å². The molecule has 0 aliphatic carbocycles. The molecule has 2 amide bonds. The second kappa shape index (κ2) is 7.35. The molecule has 0 saturated carbocycles. The van der Waals surface area contributed by atoms with Crippen LogP contribution in [-0.2, 0) is 4.79 Å². The molecule has 1 unspecified atom stereocenters. The minimum Gasteiger partial charge on any atom is -0.480 e. The fourth-order valence-electron chi connectivity index (χ4n) is 2.19. The molecule has 5 nitrogen and oxygen atoms in total. The smallest absolute Gasteiger partial charge is 0.389 e. The van der Waals surface area contributed by atoms with Crippen LogP contribution >= 0.6 is 0 Å². The van der Waals surface area contributed by atoms with Gasteiger partial charge < -0.3 is 15.3 Å². The number of hydrogen-bond donors (Lipinski definition) is 2. The van der Waals surface area contributed by atoms with Crippen molar-refractivity contribution in [2.24, 2.45) is 0 Å². The Hall–Kier alpha value is -1.47. The summed E-state index contributed by atoms with van der Waals surface area (Å²) in [6.07, 6.45) is -2.74. The largest absolute Gasteiger partial charge is 0.480 e. The van der Waals surface area contributed by atoms with Crippen LogP contribution in [0.1, 0.15) is 38.5 Å². The van der Waals surface area contributed by atoms with E-state index in [4.69, 9.17) is 5.11 Å². The molecule has 0 aromatic carbocycles. The first kappa shape index (κ1) is 16.6. The van der Waals surface area contributed by atoms with E-state index in [1.807, 2.05) is 0 Å². The lowest BCUT2D eigenvalue weighted by atomic mass is 10.1. The van der Waals surface area contributed by atoms with Crippen molar-refractivity contribution in [3.63, 3.8) is 0 Å². The minimum absolute atomic E-state index is 0.110. The molecule has 0 aromatic rings. The van der Waals surface area contributed by atoms with Crippen molar-refractivity contribution >= 4 is 12.0 Å². The summed E-state index contributed by atoms with van der Waals surface area (Å²) in [5.41, 5.74) is 0. The summed E-state index contributed by atoms with van der Waals surface area (Å²) in [7, 11) is 0. The van der Waals surface area contributed by atoms with Gasteiger partial charge in [0.05, 0.1) is 0 Å². The van der Waals surface area contributed by atoms with Crippen molar-refractivity contribution < 1.29 is 27.9 Å². The summed E-state index contributed by atoms with van der Waals surface area (Å²) in [4.78, 5) is 24.2. The van der Waals surface area contributed by atoms with E-state index in [-0.39, 0.29) is 13.0 Å². The number of likely N-dealkylation sites (tertiary alicyclic amines) is 1. The van der Waals surface area contributed by atoms with Crippen molar-refractivity contribution in [2.75, 3.05) is 13.1 Å². The maximum absolute atomic E-state index is 12.0. The van der Waals surface area contributed by atoms with Gasteiger partial charge in [0.2, 0.25) is 0 Å². The molecular weight excluding hydrogens is 277 g/mol. The highest BCUT2D eigenvalue weighted by atomic mass is 19.4. The molecule has 2 N–H and O–H groups in total. The minimum atomic E-state index is -4.24. The lowest BCUT2D eigenvalue weighted by molar-refractivity contribution is -0.142. The van der Waals surface area contributed by atoms with Crippen LogP contribution in [0.5, 0.6) is 0 Å². The highest BCUT2D eigenvalue weighted by Crippen LogP contribution is 2.21. The zero-order valence-electron chi connectivity index (χ0n) is 11.1. The van der Waals surface area contributed by atoms with Gasteiger partial charge in [-0.3, -0.25) is 0 Å². The molecule has 1 aliphatic heterocycles. The SMILES string of the molecule is O=C(O)C1CCCCCN1C(=O)NCCCC(F)(F)F. The van der Waals surface area contributed by atoms with E-state index in [1.165, 1.54) is 4.90 Å². The summed E-state index contributed by atoms with van der Waals surface area (Å²) in [6, 6.07) is -1.48. The average molecular weight is 296 g/mol. The van der Waals surface area contributed by atoms with Gasteiger partial charge in [0.25, 0.3) is 0 Å². The molecule has 116 valence electrons. The molecule has 1 fully saturated rings. The van der Waals surface area contributed by atoms with Gasteiger partial charge in [-0.2, -0.15) is 13.2 Å². The number of carbonyl (C=O) groups excluding carboxylic acids is 1. The molecule has 0 aromatic heterocycles. The standard InChI is InChI=1S/C12H19F3N2O3/c13-12(14,15)6-4-7-16-11(20)17-8-3-1-2-5-9(17)10(18)19/h9H,1-8H2,(H,16,20)(H,18,19). The third-order valence-corrected chi connectivity index (χ3v) is 3.21. The van der Waals surface area contributed by atoms with E-state index in [0.717, 1.165) is 12.8 Å². The zero-order valence-corrected chi connectivity index (χ0v) is 11.1. The number of aliphatic carboxylic acids is 1. The van der Waals surface area contributed by atoms with Crippen molar-refractivity contribution in [1.29, 1.82) is 0 Å². The van der Waals surface area contributed by atoms with E-state index < -0.39 is 30.6 Å². The predicted octanol–water partition coefficient (Wildman–Crippen LogP) is 2.37. The molecule has 1 atom stereocenters. The zero-order chi connectivity index (χ0) is 15.2. The predicted molar refractivity (Wildman–Crippen MR) is 65.3 cm³/mol. The fourth-order valence-corrected chi connectivity index (χ4v) is 2.19.